The van der Waals surface area contributed by atoms with Crippen molar-refractivity contribution in [1.82, 2.24) is 0 Å². The number of carbonyl (C=O) groups excluding carboxylic acids is 1. The molecule has 4 heteroatoms. The average molecular weight is 215 g/mol. The number of rotatable bonds is 7. The summed E-state index contributed by atoms with van der Waals surface area (Å²) in [4.78, 5) is 10.9. The summed E-state index contributed by atoms with van der Waals surface area (Å²) in [6.45, 7) is 1.33. The van der Waals surface area contributed by atoms with Gasteiger partial charge in [0.25, 0.3) is 0 Å². The van der Waals surface area contributed by atoms with Crippen LogP contribution in [0.15, 0.2) is 0 Å². The predicted octanol–water partition coefficient (Wildman–Crippen LogP) is 1.08. The summed E-state index contributed by atoms with van der Waals surface area (Å²) < 4.78 is 9.93. The summed E-state index contributed by atoms with van der Waals surface area (Å²) in [5.41, 5.74) is 5.55. The topological polar surface area (TPSA) is 61.5 Å². The van der Waals surface area contributed by atoms with E-state index in [1.54, 1.807) is 0 Å². The van der Waals surface area contributed by atoms with Crippen molar-refractivity contribution in [2.45, 2.75) is 38.1 Å². The van der Waals surface area contributed by atoms with Gasteiger partial charge in [-0.3, -0.25) is 4.79 Å². The molecule has 0 aliphatic heterocycles. The molecule has 0 radical (unpaired) electrons. The maximum Gasteiger partial charge on any atom is 0.322 e. The van der Waals surface area contributed by atoms with E-state index in [1.165, 1.54) is 26.4 Å². The summed E-state index contributed by atoms with van der Waals surface area (Å²) in [6.07, 6.45) is 5.76. The number of carbonyl (C=O) groups is 1. The minimum Gasteiger partial charge on any atom is -0.468 e. The predicted molar refractivity (Wildman–Crippen MR) is 57.4 cm³/mol. The highest BCUT2D eigenvalue weighted by Gasteiger charge is 2.17. The first-order chi connectivity index (χ1) is 7.24. The SMILES string of the molecule is COC(=O)C(N)CCOCCC1CCC1. The zero-order chi connectivity index (χ0) is 11.1. The van der Waals surface area contributed by atoms with Gasteiger partial charge in [0.05, 0.1) is 7.11 Å². The Morgan fingerprint density at radius 3 is 2.73 bits per heavy atom. The van der Waals surface area contributed by atoms with Gasteiger partial charge < -0.3 is 15.2 Å². The molecule has 0 aromatic heterocycles. The highest BCUT2D eigenvalue weighted by atomic mass is 16.5. The molecule has 0 aromatic carbocycles. The van der Waals surface area contributed by atoms with Crippen molar-refractivity contribution in [3.63, 3.8) is 0 Å². The standard InChI is InChI=1S/C11H21NO3/c1-14-11(13)10(12)6-8-15-7-5-9-3-2-4-9/h9-10H,2-8,12H2,1H3. The highest BCUT2D eigenvalue weighted by molar-refractivity contribution is 5.75. The van der Waals surface area contributed by atoms with Crippen LogP contribution in [0.4, 0.5) is 0 Å². The molecule has 1 fully saturated rings. The highest BCUT2D eigenvalue weighted by Crippen LogP contribution is 2.29. The first-order valence-corrected chi connectivity index (χ1v) is 5.65. The van der Waals surface area contributed by atoms with Crippen LogP contribution < -0.4 is 5.73 Å². The van der Waals surface area contributed by atoms with E-state index in [1.807, 2.05) is 0 Å². The molecule has 0 saturated heterocycles. The van der Waals surface area contributed by atoms with Gasteiger partial charge in [-0.05, 0) is 18.8 Å². The van der Waals surface area contributed by atoms with Crippen LogP contribution in [0.5, 0.6) is 0 Å². The summed E-state index contributed by atoms with van der Waals surface area (Å²) in [5.74, 6) is 0.511. The van der Waals surface area contributed by atoms with Crippen LogP contribution in [0.1, 0.15) is 32.1 Å². The molecule has 2 N–H and O–H groups in total. The van der Waals surface area contributed by atoms with Gasteiger partial charge in [-0.25, -0.2) is 0 Å². The molecule has 4 nitrogen and oxygen atoms in total. The lowest BCUT2D eigenvalue weighted by molar-refractivity contribution is -0.142. The maximum atomic E-state index is 10.9. The lowest BCUT2D eigenvalue weighted by Crippen LogP contribution is -2.32. The van der Waals surface area contributed by atoms with Crippen molar-refractivity contribution >= 4 is 5.97 Å². The van der Waals surface area contributed by atoms with Crippen LogP contribution in [0.2, 0.25) is 0 Å². The van der Waals surface area contributed by atoms with Crippen LogP contribution in [-0.2, 0) is 14.3 Å². The summed E-state index contributed by atoms with van der Waals surface area (Å²) in [5, 5.41) is 0. The first kappa shape index (κ1) is 12.5. The smallest absolute Gasteiger partial charge is 0.322 e. The third-order valence-corrected chi connectivity index (χ3v) is 2.97. The molecule has 1 rings (SSSR count). The number of esters is 1. The van der Waals surface area contributed by atoms with Crippen molar-refractivity contribution in [3.05, 3.63) is 0 Å². The molecular weight excluding hydrogens is 194 g/mol. The van der Waals surface area contributed by atoms with Gasteiger partial charge >= 0.3 is 5.97 Å². The average Bonchev–Trinajstić information content (AvgIpc) is 2.18. The van der Waals surface area contributed by atoms with Gasteiger partial charge in [-0.1, -0.05) is 19.3 Å². The van der Waals surface area contributed by atoms with Crippen LogP contribution in [0, 0.1) is 5.92 Å². The number of ether oxygens (including phenoxy) is 2. The Bertz CT molecular complexity index is 192. The Kier molecular flexibility index (Phi) is 5.65. The van der Waals surface area contributed by atoms with Crippen molar-refractivity contribution in [3.8, 4) is 0 Å². The molecule has 15 heavy (non-hydrogen) atoms. The normalized spacial score (nSPS) is 18.3. The van der Waals surface area contributed by atoms with Crippen molar-refractivity contribution in [2.24, 2.45) is 11.7 Å². The number of nitrogens with two attached hydrogens (primary N) is 1. The Morgan fingerprint density at radius 2 is 2.20 bits per heavy atom. The van der Waals surface area contributed by atoms with Crippen molar-refractivity contribution in [1.29, 1.82) is 0 Å². The third kappa shape index (κ3) is 4.62. The van der Waals surface area contributed by atoms with E-state index in [9.17, 15) is 4.79 Å². The Morgan fingerprint density at radius 1 is 1.47 bits per heavy atom. The monoisotopic (exact) mass is 215 g/mol. The fourth-order valence-corrected chi connectivity index (χ4v) is 1.61. The Balaban J connectivity index is 1.89. The molecule has 0 aromatic rings. The Labute approximate surface area is 91.1 Å². The van der Waals surface area contributed by atoms with Gasteiger partial charge in [0.15, 0.2) is 0 Å². The zero-order valence-corrected chi connectivity index (χ0v) is 9.41. The van der Waals surface area contributed by atoms with Gasteiger partial charge in [-0.15, -0.1) is 0 Å². The molecule has 0 amide bonds. The number of hydrogen-bond acceptors (Lipinski definition) is 4. The second kappa shape index (κ2) is 6.80. The Hall–Kier alpha value is -0.610. The lowest BCUT2D eigenvalue weighted by atomic mass is 9.83. The van der Waals surface area contributed by atoms with Crippen LogP contribution in [-0.4, -0.2) is 32.3 Å². The van der Waals surface area contributed by atoms with E-state index < -0.39 is 6.04 Å². The van der Waals surface area contributed by atoms with Gasteiger partial charge in [0.1, 0.15) is 6.04 Å². The van der Waals surface area contributed by atoms with Gasteiger partial charge in [-0.2, -0.15) is 0 Å². The van der Waals surface area contributed by atoms with Gasteiger partial charge in [0, 0.05) is 13.2 Å². The van der Waals surface area contributed by atoms with E-state index in [0.29, 0.717) is 13.0 Å². The van der Waals surface area contributed by atoms with Crippen LogP contribution in [0.25, 0.3) is 0 Å². The molecule has 1 aliphatic rings. The second-order valence-electron chi connectivity index (χ2n) is 4.12. The molecule has 1 unspecified atom stereocenters. The first-order valence-electron chi connectivity index (χ1n) is 5.65. The molecule has 0 bridgehead atoms. The fraction of sp³-hybridized carbons (Fsp3) is 0.909. The maximum absolute atomic E-state index is 10.9. The van der Waals surface area contributed by atoms with E-state index in [0.717, 1.165) is 18.9 Å². The molecule has 1 aliphatic carbocycles. The third-order valence-electron chi connectivity index (χ3n) is 2.97. The van der Waals surface area contributed by atoms with Crippen LogP contribution >= 0.6 is 0 Å². The lowest BCUT2D eigenvalue weighted by Gasteiger charge is -2.24. The van der Waals surface area contributed by atoms with Gasteiger partial charge in [0.2, 0.25) is 0 Å². The molecule has 88 valence electrons. The quantitative estimate of drug-likeness (QED) is 0.510. The van der Waals surface area contributed by atoms with E-state index >= 15 is 0 Å². The van der Waals surface area contributed by atoms with E-state index in [-0.39, 0.29) is 5.97 Å². The molecule has 1 saturated carbocycles. The van der Waals surface area contributed by atoms with Crippen LogP contribution in [0.3, 0.4) is 0 Å². The van der Waals surface area contributed by atoms with Crippen molar-refractivity contribution in [2.75, 3.05) is 20.3 Å². The summed E-state index contributed by atoms with van der Waals surface area (Å²) >= 11 is 0. The van der Waals surface area contributed by atoms with Crippen molar-refractivity contribution < 1.29 is 14.3 Å². The molecular formula is C11H21NO3. The minimum atomic E-state index is -0.543. The second-order valence-corrected chi connectivity index (χ2v) is 4.12. The zero-order valence-electron chi connectivity index (χ0n) is 9.41. The fourth-order valence-electron chi connectivity index (χ4n) is 1.61. The summed E-state index contributed by atoms with van der Waals surface area (Å²) in [6, 6.07) is -0.543. The molecule has 0 spiro atoms. The van der Waals surface area contributed by atoms with E-state index in [4.69, 9.17) is 10.5 Å². The number of hydrogen-bond donors (Lipinski definition) is 1. The molecule has 1 atom stereocenters. The number of methoxy groups -OCH3 is 1. The largest absolute Gasteiger partial charge is 0.468 e. The molecule has 0 heterocycles. The minimum absolute atomic E-state index is 0.363. The summed E-state index contributed by atoms with van der Waals surface area (Å²) in [7, 11) is 1.35. The van der Waals surface area contributed by atoms with E-state index in [2.05, 4.69) is 4.74 Å².